The maximum Gasteiger partial charge on any atom is 0.247 e. The van der Waals surface area contributed by atoms with Crippen LogP contribution in [-0.2, 0) is 9.59 Å². The van der Waals surface area contributed by atoms with E-state index in [1.807, 2.05) is 73.8 Å². The number of para-hydroxylation sites is 1. The molecule has 3 N–H and O–H groups in total. The van der Waals surface area contributed by atoms with Gasteiger partial charge in [0, 0.05) is 60.9 Å². The van der Waals surface area contributed by atoms with E-state index < -0.39 is 0 Å². The molecule has 9 nitrogen and oxygen atoms in total. The quantitative estimate of drug-likeness (QED) is 0.316. The van der Waals surface area contributed by atoms with Crippen LogP contribution in [0.15, 0.2) is 85.6 Å². The zero-order valence-corrected chi connectivity index (χ0v) is 22.0. The first kappa shape index (κ1) is 25.9. The Morgan fingerprint density at radius 1 is 1.03 bits per heavy atom. The fourth-order valence-corrected chi connectivity index (χ4v) is 4.75. The molecule has 2 amide bonds. The van der Waals surface area contributed by atoms with Crippen LogP contribution in [-0.4, -0.2) is 66.5 Å². The number of aromatic nitrogens is 2. The molecule has 1 unspecified atom stereocenters. The number of nitrogens with zero attached hydrogens (tertiary/aromatic N) is 4. The molecule has 0 saturated carbocycles. The summed E-state index contributed by atoms with van der Waals surface area (Å²) in [6.07, 6.45) is 3.05. The highest BCUT2D eigenvalue weighted by Crippen LogP contribution is 2.30. The van der Waals surface area contributed by atoms with Crippen LogP contribution in [0.2, 0.25) is 0 Å². The summed E-state index contributed by atoms with van der Waals surface area (Å²) in [5.41, 5.74) is 5.28. The van der Waals surface area contributed by atoms with Crippen molar-refractivity contribution in [2.45, 2.75) is 6.04 Å². The lowest BCUT2D eigenvalue weighted by molar-refractivity contribution is -0.125. The molecule has 1 atom stereocenters. The van der Waals surface area contributed by atoms with Crippen molar-refractivity contribution in [3.05, 3.63) is 85.6 Å². The normalized spacial score (nSPS) is 15.5. The number of hydrogen-bond acceptors (Lipinski definition) is 7. The maximum atomic E-state index is 12.3. The van der Waals surface area contributed by atoms with Crippen molar-refractivity contribution in [1.82, 2.24) is 20.2 Å². The fourth-order valence-electron chi connectivity index (χ4n) is 4.75. The number of benzene rings is 3. The number of nitrogens with one attached hydrogen (secondary N) is 3. The molecule has 0 radical (unpaired) electrons. The number of carbonyl (C=O) groups is 2. The molecule has 1 saturated heterocycles. The molecular weight excluding hydrogens is 490 g/mol. The molecule has 4 aromatic rings. The molecule has 1 fully saturated rings. The van der Waals surface area contributed by atoms with Gasteiger partial charge >= 0.3 is 0 Å². The van der Waals surface area contributed by atoms with Gasteiger partial charge in [0.1, 0.15) is 6.04 Å². The third-order valence-electron chi connectivity index (χ3n) is 6.92. The highest BCUT2D eigenvalue weighted by molar-refractivity contribution is 6.00. The Balaban J connectivity index is 1.36. The Labute approximate surface area is 227 Å². The van der Waals surface area contributed by atoms with E-state index >= 15 is 0 Å². The summed E-state index contributed by atoms with van der Waals surface area (Å²) in [7, 11) is 3.66. The second-order valence-corrected chi connectivity index (χ2v) is 9.44. The number of anilines is 4. The number of likely N-dealkylation sites (N-methyl/N-ethyl adjacent to an activating group) is 2. The summed E-state index contributed by atoms with van der Waals surface area (Å²) in [6, 6.07) is 21.5. The molecule has 1 aliphatic heterocycles. The first-order valence-electron chi connectivity index (χ1n) is 12.8. The van der Waals surface area contributed by atoms with Crippen molar-refractivity contribution in [3.63, 3.8) is 0 Å². The van der Waals surface area contributed by atoms with E-state index in [4.69, 9.17) is 4.98 Å². The number of amides is 2. The minimum atomic E-state index is -0.260. The van der Waals surface area contributed by atoms with Gasteiger partial charge in [0.05, 0.1) is 5.52 Å². The summed E-state index contributed by atoms with van der Waals surface area (Å²) in [5.74, 6) is 0.253. The average molecular weight is 522 g/mol. The molecule has 39 heavy (non-hydrogen) atoms. The van der Waals surface area contributed by atoms with Crippen LogP contribution in [0.3, 0.4) is 0 Å². The largest absolute Gasteiger partial charge is 0.368 e. The van der Waals surface area contributed by atoms with E-state index in [0.29, 0.717) is 18.2 Å². The Kier molecular flexibility index (Phi) is 7.51. The van der Waals surface area contributed by atoms with Crippen LogP contribution >= 0.6 is 0 Å². The van der Waals surface area contributed by atoms with E-state index in [-0.39, 0.29) is 17.9 Å². The van der Waals surface area contributed by atoms with Gasteiger partial charge in [0.2, 0.25) is 17.8 Å². The lowest BCUT2D eigenvalue weighted by Crippen LogP contribution is -2.57. The summed E-state index contributed by atoms with van der Waals surface area (Å²) >= 11 is 0. The van der Waals surface area contributed by atoms with Gasteiger partial charge in [-0.1, -0.05) is 36.9 Å². The van der Waals surface area contributed by atoms with Crippen LogP contribution < -0.4 is 20.9 Å². The van der Waals surface area contributed by atoms with Crippen molar-refractivity contribution < 1.29 is 9.59 Å². The third-order valence-corrected chi connectivity index (χ3v) is 6.92. The second kappa shape index (κ2) is 11.3. The highest BCUT2D eigenvalue weighted by atomic mass is 16.2. The van der Waals surface area contributed by atoms with Crippen molar-refractivity contribution in [1.29, 1.82) is 0 Å². The van der Waals surface area contributed by atoms with Gasteiger partial charge < -0.3 is 20.9 Å². The number of carbonyl (C=O) groups excluding carboxylic acids is 2. The predicted molar refractivity (Wildman–Crippen MR) is 156 cm³/mol. The molecule has 198 valence electrons. The van der Waals surface area contributed by atoms with E-state index in [1.165, 1.54) is 6.08 Å². The van der Waals surface area contributed by atoms with Gasteiger partial charge in [-0.25, -0.2) is 9.97 Å². The van der Waals surface area contributed by atoms with Gasteiger partial charge in [-0.2, -0.15) is 0 Å². The summed E-state index contributed by atoms with van der Waals surface area (Å²) < 4.78 is 0. The van der Waals surface area contributed by atoms with Crippen molar-refractivity contribution in [2.75, 3.05) is 49.3 Å². The number of piperazine rings is 1. The SMILES string of the molecule is C=CC(=O)Nc1cccc(-c2cccc3cnc(Nc4ccc(N5CCN(C)C(C(=O)NC)C5)cc4)nc23)c1. The van der Waals surface area contributed by atoms with Gasteiger partial charge in [-0.15, -0.1) is 0 Å². The zero-order chi connectivity index (χ0) is 27.4. The topological polar surface area (TPSA) is 102 Å². The smallest absolute Gasteiger partial charge is 0.247 e. The van der Waals surface area contributed by atoms with Gasteiger partial charge in [0.25, 0.3) is 0 Å². The molecule has 1 aliphatic rings. The van der Waals surface area contributed by atoms with E-state index in [0.717, 1.165) is 46.5 Å². The molecule has 2 heterocycles. The van der Waals surface area contributed by atoms with E-state index in [9.17, 15) is 9.59 Å². The van der Waals surface area contributed by atoms with Crippen molar-refractivity contribution >= 4 is 45.7 Å². The van der Waals surface area contributed by atoms with Gasteiger partial charge in [-0.05, 0) is 55.1 Å². The molecule has 3 aromatic carbocycles. The first-order chi connectivity index (χ1) is 18.9. The van der Waals surface area contributed by atoms with E-state index in [1.54, 1.807) is 13.2 Å². The molecule has 0 spiro atoms. The van der Waals surface area contributed by atoms with E-state index in [2.05, 4.69) is 37.3 Å². The van der Waals surface area contributed by atoms with Crippen LogP contribution in [0.4, 0.5) is 23.0 Å². The summed E-state index contributed by atoms with van der Waals surface area (Å²) in [4.78, 5) is 37.7. The zero-order valence-electron chi connectivity index (χ0n) is 22.0. The Bertz CT molecular complexity index is 1520. The Morgan fingerprint density at radius 3 is 2.59 bits per heavy atom. The molecule has 1 aromatic heterocycles. The van der Waals surface area contributed by atoms with Crippen LogP contribution in [0.5, 0.6) is 0 Å². The maximum absolute atomic E-state index is 12.3. The minimum Gasteiger partial charge on any atom is -0.368 e. The lowest BCUT2D eigenvalue weighted by Gasteiger charge is -2.39. The minimum absolute atomic E-state index is 0.0292. The van der Waals surface area contributed by atoms with Crippen molar-refractivity contribution in [3.8, 4) is 11.1 Å². The molecule has 0 aliphatic carbocycles. The van der Waals surface area contributed by atoms with Crippen LogP contribution in [0.1, 0.15) is 0 Å². The fraction of sp³-hybridized carbons (Fsp3) is 0.200. The lowest BCUT2D eigenvalue weighted by atomic mass is 10.0. The number of fused-ring (bicyclic) bond motifs is 1. The number of rotatable bonds is 7. The standard InChI is InChI=1S/C30H31N7O2/c1-4-27(38)33-23-9-5-7-20(17-23)25-10-6-8-21-18-32-30(35-28(21)25)34-22-11-13-24(14-12-22)37-16-15-36(3)26(19-37)29(39)31-2/h4-14,17-18,26H,1,15-16,19H2,2-3H3,(H,31,39)(H,33,38)(H,32,34,35). The highest BCUT2D eigenvalue weighted by Gasteiger charge is 2.29. The Hall–Kier alpha value is -4.76. The van der Waals surface area contributed by atoms with Crippen LogP contribution in [0, 0.1) is 0 Å². The molecular formula is C30H31N7O2. The van der Waals surface area contributed by atoms with Crippen LogP contribution in [0.25, 0.3) is 22.0 Å². The molecule has 9 heteroatoms. The third kappa shape index (κ3) is 5.73. The summed E-state index contributed by atoms with van der Waals surface area (Å²) in [6.45, 7) is 5.82. The monoisotopic (exact) mass is 521 g/mol. The number of hydrogen-bond donors (Lipinski definition) is 3. The molecule has 5 rings (SSSR count). The van der Waals surface area contributed by atoms with Gasteiger partial charge in [-0.3, -0.25) is 14.5 Å². The predicted octanol–water partition coefficient (Wildman–Crippen LogP) is 4.03. The second-order valence-electron chi connectivity index (χ2n) is 9.44. The average Bonchev–Trinajstić information content (AvgIpc) is 2.97. The summed E-state index contributed by atoms with van der Waals surface area (Å²) in [5, 5.41) is 9.79. The van der Waals surface area contributed by atoms with Gasteiger partial charge in [0.15, 0.2) is 0 Å². The first-order valence-corrected chi connectivity index (χ1v) is 12.8. The molecule has 0 bridgehead atoms. The van der Waals surface area contributed by atoms with Crippen molar-refractivity contribution in [2.24, 2.45) is 0 Å². The Morgan fingerprint density at radius 2 is 1.82 bits per heavy atom.